The number of halogens is 2. The molecule has 4 nitrogen and oxygen atoms in total. The Morgan fingerprint density at radius 1 is 1.00 bits per heavy atom. The molecule has 0 aromatic heterocycles. The molecule has 1 N–H and O–H groups in total. The Morgan fingerprint density at radius 2 is 1.65 bits per heavy atom. The van der Waals surface area contributed by atoms with Crippen molar-refractivity contribution >= 4 is 23.4 Å². The van der Waals surface area contributed by atoms with E-state index in [1.165, 1.54) is 12.1 Å². The van der Waals surface area contributed by atoms with Gasteiger partial charge in [0.15, 0.2) is 0 Å². The monoisotopic (exact) mass is 440 g/mol. The van der Waals surface area contributed by atoms with E-state index in [-0.39, 0.29) is 29.0 Å². The Bertz CT molecular complexity index is 993. The minimum Gasteiger partial charge on any atom is -0.355 e. The zero-order valence-electron chi connectivity index (χ0n) is 17.4. The molecule has 2 amide bonds. The molecule has 2 aromatic carbocycles. The highest BCUT2D eigenvalue weighted by molar-refractivity contribution is 6.30. The summed E-state index contributed by atoms with van der Waals surface area (Å²) < 4.78 is 13.4. The molecule has 0 radical (unpaired) electrons. The Hall–Kier alpha value is -2.40. The fourth-order valence-corrected chi connectivity index (χ4v) is 5.73. The van der Waals surface area contributed by atoms with Crippen LogP contribution in [-0.2, 0) is 15.0 Å². The average Bonchev–Trinajstić information content (AvgIpc) is 3.57. The summed E-state index contributed by atoms with van der Waals surface area (Å²) in [5.41, 5.74) is 1.51. The summed E-state index contributed by atoms with van der Waals surface area (Å²) in [6.07, 6.45) is 3.76. The Morgan fingerprint density at radius 3 is 2.26 bits per heavy atom. The van der Waals surface area contributed by atoms with Crippen molar-refractivity contribution in [3.63, 3.8) is 0 Å². The van der Waals surface area contributed by atoms with Crippen LogP contribution in [0.5, 0.6) is 0 Å². The van der Waals surface area contributed by atoms with Crippen LogP contribution in [0, 0.1) is 11.2 Å². The van der Waals surface area contributed by atoms with Gasteiger partial charge in [-0.15, -0.1) is 0 Å². The van der Waals surface area contributed by atoms with Gasteiger partial charge in [0.05, 0.1) is 5.41 Å². The van der Waals surface area contributed by atoms with Gasteiger partial charge >= 0.3 is 0 Å². The van der Waals surface area contributed by atoms with E-state index in [0.29, 0.717) is 31.1 Å². The van der Waals surface area contributed by atoms with Crippen LogP contribution in [0.15, 0.2) is 48.5 Å². The molecule has 162 valence electrons. The number of likely N-dealkylation sites (tertiary alicyclic amines) is 1. The molecule has 3 fully saturated rings. The molecule has 2 aromatic rings. The Kier molecular flexibility index (Phi) is 5.04. The second kappa shape index (κ2) is 7.63. The van der Waals surface area contributed by atoms with E-state index in [9.17, 15) is 14.0 Å². The predicted octanol–water partition coefficient (Wildman–Crippen LogP) is 4.42. The summed E-state index contributed by atoms with van der Waals surface area (Å²) in [5.74, 6) is 0.144. The maximum atomic E-state index is 13.5. The van der Waals surface area contributed by atoms with E-state index in [1.807, 2.05) is 41.3 Å². The summed E-state index contributed by atoms with van der Waals surface area (Å²) in [4.78, 5) is 27.8. The van der Waals surface area contributed by atoms with Gasteiger partial charge in [-0.05, 0) is 66.5 Å². The second-order valence-electron chi connectivity index (χ2n) is 9.33. The van der Waals surface area contributed by atoms with Crippen LogP contribution in [0.2, 0.25) is 5.02 Å². The minimum absolute atomic E-state index is 0.0676. The van der Waals surface area contributed by atoms with Gasteiger partial charge < -0.3 is 10.2 Å². The maximum Gasteiger partial charge on any atom is 0.233 e. The predicted molar refractivity (Wildman–Crippen MR) is 117 cm³/mol. The van der Waals surface area contributed by atoms with Crippen molar-refractivity contribution < 1.29 is 14.0 Å². The summed E-state index contributed by atoms with van der Waals surface area (Å²) in [5, 5.41) is 3.66. The molecular formula is C25H26ClFN2O2. The highest BCUT2D eigenvalue weighted by atomic mass is 35.5. The van der Waals surface area contributed by atoms with Crippen molar-refractivity contribution in [2.75, 3.05) is 19.6 Å². The minimum atomic E-state index is -0.407. The van der Waals surface area contributed by atoms with E-state index in [2.05, 4.69) is 5.32 Å². The molecule has 2 aliphatic heterocycles. The lowest BCUT2D eigenvalue weighted by atomic mass is 9.62. The third kappa shape index (κ3) is 3.63. The number of amides is 2. The number of nitrogens with zero attached hydrogens (tertiary/aromatic N) is 1. The quantitative estimate of drug-likeness (QED) is 0.767. The number of hydrogen-bond donors (Lipinski definition) is 1. The van der Waals surface area contributed by atoms with E-state index in [1.54, 1.807) is 0 Å². The van der Waals surface area contributed by atoms with E-state index in [4.69, 9.17) is 11.6 Å². The Labute approximate surface area is 186 Å². The molecule has 6 heteroatoms. The third-order valence-corrected chi connectivity index (χ3v) is 7.88. The lowest BCUT2D eigenvalue weighted by Gasteiger charge is -2.49. The van der Waals surface area contributed by atoms with Crippen LogP contribution in [0.1, 0.15) is 49.1 Å². The zero-order chi connectivity index (χ0) is 21.6. The normalized spacial score (nSPS) is 24.0. The van der Waals surface area contributed by atoms with Gasteiger partial charge in [-0.1, -0.05) is 35.9 Å². The van der Waals surface area contributed by atoms with Crippen LogP contribution >= 0.6 is 11.6 Å². The van der Waals surface area contributed by atoms with E-state index >= 15 is 0 Å². The zero-order valence-corrected chi connectivity index (χ0v) is 18.1. The van der Waals surface area contributed by atoms with Gasteiger partial charge in [0.2, 0.25) is 11.8 Å². The summed E-state index contributed by atoms with van der Waals surface area (Å²) in [6, 6.07) is 14.3. The fraction of sp³-hybridized carbons (Fsp3) is 0.440. The van der Waals surface area contributed by atoms with Crippen molar-refractivity contribution in [2.24, 2.45) is 5.41 Å². The summed E-state index contributed by atoms with van der Waals surface area (Å²) >= 11 is 6.03. The van der Waals surface area contributed by atoms with Gasteiger partial charge in [-0.2, -0.15) is 0 Å². The van der Waals surface area contributed by atoms with E-state index < -0.39 is 5.41 Å². The molecule has 2 heterocycles. The average molecular weight is 441 g/mol. The molecule has 3 aliphatic rings. The molecule has 1 aliphatic carbocycles. The number of carbonyl (C=O) groups is 2. The van der Waals surface area contributed by atoms with Crippen molar-refractivity contribution in [2.45, 2.75) is 43.4 Å². The summed E-state index contributed by atoms with van der Waals surface area (Å²) in [6.45, 7) is 1.87. The van der Waals surface area contributed by atoms with Crippen LogP contribution < -0.4 is 5.32 Å². The van der Waals surface area contributed by atoms with Gasteiger partial charge in [0, 0.05) is 37.0 Å². The number of nitrogens with one attached hydrogen (secondary N) is 1. The topological polar surface area (TPSA) is 49.4 Å². The first-order valence-corrected chi connectivity index (χ1v) is 11.4. The van der Waals surface area contributed by atoms with Gasteiger partial charge in [0.1, 0.15) is 5.82 Å². The van der Waals surface area contributed by atoms with E-state index in [0.717, 1.165) is 36.8 Å². The first-order valence-electron chi connectivity index (χ1n) is 11.0. The molecule has 2 saturated heterocycles. The highest BCUT2D eigenvalue weighted by Crippen LogP contribution is 2.52. The molecule has 1 unspecified atom stereocenters. The second-order valence-corrected chi connectivity index (χ2v) is 9.76. The summed E-state index contributed by atoms with van der Waals surface area (Å²) in [7, 11) is 0. The third-order valence-electron chi connectivity index (χ3n) is 7.63. The Balaban J connectivity index is 1.34. The van der Waals surface area contributed by atoms with Crippen LogP contribution in [0.4, 0.5) is 4.39 Å². The molecular weight excluding hydrogens is 415 g/mol. The molecule has 0 bridgehead atoms. The lowest BCUT2D eigenvalue weighted by molar-refractivity contribution is -0.138. The lowest BCUT2D eigenvalue weighted by Crippen LogP contribution is -2.54. The smallest absolute Gasteiger partial charge is 0.233 e. The molecule has 5 rings (SSSR count). The van der Waals surface area contributed by atoms with Crippen molar-refractivity contribution in [1.82, 2.24) is 10.2 Å². The van der Waals surface area contributed by atoms with Crippen LogP contribution in [0.3, 0.4) is 0 Å². The van der Waals surface area contributed by atoms with Crippen LogP contribution in [-0.4, -0.2) is 36.3 Å². The molecule has 31 heavy (non-hydrogen) atoms. The maximum absolute atomic E-state index is 13.5. The largest absolute Gasteiger partial charge is 0.355 e. The van der Waals surface area contributed by atoms with Crippen molar-refractivity contribution in [1.29, 1.82) is 0 Å². The molecule has 1 spiro atoms. The standard InChI is InChI=1S/C25H26ClFN2O2/c26-19-5-3-18(4-6-19)25(9-10-25)23(31)29-13-11-24(12-14-29)15-22(30)28-16-21(24)17-1-7-20(27)8-2-17/h1-8,21H,9-16H2,(H,28,30). The van der Waals surface area contributed by atoms with Crippen LogP contribution in [0.25, 0.3) is 0 Å². The van der Waals surface area contributed by atoms with Crippen molar-refractivity contribution in [3.05, 3.63) is 70.5 Å². The number of carbonyl (C=O) groups excluding carboxylic acids is 2. The van der Waals surface area contributed by atoms with Crippen molar-refractivity contribution in [3.8, 4) is 0 Å². The van der Waals surface area contributed by atoms with Gasteiger partial charge in [-0.25, -0.2) is 4.39 Å². The fourth-order valence-electron chi connectivity index (χ4n) is 5.61. The highest BCUT2D eigenvalue weighted by Gasteiger charge is 2.55. The SMILES string of the molecule is O=C1CC2(CCN(C(=O)C3(c4ccc(Cl)cc4)CC3)CC2)C(c2ccc(F)cc2)CN1. The first-order chi connectivity index (χ1) is 14.9. The number of rotatable bonds is 3. The number of hydrogen-bond acceptors (Lipinski definition) is 2. The van der Waals surface area contributed by atoms with Gasteiger partial charge in [-0.3, -0.25) is 9.59 Å². The molecule has 1 saturated carbocycles. The first kappa shape index (κ1) is 20.5. The number of benzene rings is 2. The number of piperidine rings is 2. The van der Waals surface area contributed by atoms with Gasteiger partial charge in [0.25, 0.3) is 0 Å². The molecule has 1 atom stereocenters.